The molecule has 0 saturated carbocycles. The van der Waals surface area contributed by atoms with E-state index >= 15 is 0 Å². The van der Waals surface area contributed by atoms with Crippen molar-refractivity contribution in [1.82, 2.24) is 4.90 Å². The number of hydrogen-bond donors (Lipinski definition) is 1. The highest BCUT2D eigenvalue weighted by molar-refractivity contribution is 5.98. The van der Waals surface area contributed by atoms with Gasteiger partial charge < -0.3 is 10.2 Å². The van der Waals surface area contributed by atoms with Crippen LogP contribution in [0.1, 0.15) is 34.0 Å². The molecule has 5 heteroatoms. The first-order valence-electron chi connectivity index (χ1n) is 8.22. The van der Waals surface area contributed by atoms with Gasteiger partial charge in [0.25, 0.3) is 5.91 Å². The molecule has 132 valence electrons. The molecule has 0 spiro atoms. The number of nitrogens with one attached hydrogen (secondary N) is 1. The molecule has 0 radical (unpaired) electrons. The lowest BCUT2D eigenvalue weighted by molar-refractivity contribution is -0.114. The van der Waals surface area contributed by atoms with E-state index < -0.39 is 0 Å². The third-order valence-electron chi connectivity index (χ3n) is 3.85. The predicted octanol–water partition coefficient (Wildman–Crippen LogP) is 3.65. The lowest BCUT2D eigenvalue weighted by Crippen LogP contribution is -2.31. The van der Waals surface area contributed by atoms with Crippen molar-refractivity contribution in [2.45, 2.75) is 20.4 Å². The molecule has 0 aliphatic carbocycles. The van der Waals surface area contributed by atoms with Crippen molar-refractivity contribution in [3.8, 4) is 6.07 Å². The number of hydrogen-bond acceptors (Lipinski definition) is 3. The molecule has 0 saturated heterocycles. The summed E-state index contributed by atoms with van der Waals surface area (Å²) in [7, 11) is 0. The zero-order chi connectivity index (χ0) is 19.1. The van der Waals surface area contributed by atoms with Crippen LogP contribution in [0.25, 0.3) is 0 Å². The highest BCUT2D eigenvalue weighted by Crippen LogP contribution is 2.19. The maximum atomic E-state index is 13.1. The van der Waals surface area contributed by atoms with Gasteiger partial charge in [0.15, 0.2) is 0 Å². The molecule has 0 aromatic heterocycles. The smallest absolute Gasteiger partial charge is 0.254 e. The number of amides is 2. The Morgan fingerprint density at radius 3 is 2.69 bits per heavy atom. The number of nitriles is 1. The number of rotatable bonds is 6. The minimum Gasteiger partial charge on any atom is -0.331 e. The molecule has 2 rings (SSSR count). The van der Waals surface area contributed by atoms with Gasteiger partial charge in [0, 0.05) is 31.3 Å². The lowest BCUT2D eigenvalue weighted by atomic mass is 10.1. The summed E-state index contributed by atoms with van der Waals surface area (Å²) in [5.74, 6) is -0.347. The second kappa shape index (κ2) is 8.63. The second-order valence-corrected chi connectivity index (χ2v) is 6.00. The van der Waals surface area contributed by atoms with Crippen LogP contribution in [0.3, 0.4) is 0 Å². The number of nitrogens with zero attached hydrogens (tertiary/aromatic N) is 2. The summed E-state index contributed by atoms with van der Waals surface area (Å²) in [5.41, 5.74) is 3.35. The van der Waals surface area contributed by atoms with E-state index in [1.165, 1.54) is 6.92 Å². The van der Waals surface area contributed by atoms with Crippen LogP contribution in [0.15, 0.2) is 55.1 Å². The Balaban J connectivity index is 2.31. The molecule has 5 nitrogen and oxygen atoms in total. The molecule has 2 amide bonds. The molecule has 26 heavy (non-hydrogen) atoms. The summed E-state index contributed by atoms with van der Waals surface area (Å²) in [6.07, 6.45) is 1.67. The van der Waals surface area contributed by atoms with Crippen LogP contribution in [0.5, 0.6) is 0 Å². The van der Waals surface area contributed by atoms with Crippen LogP contribution in [-0.2, 0) is 11.3 Å². The number of benzene rings is 2. The minimum absolute atomic E-state index is 0.156. The van der Waals surface area contributed by atoms with Gasteiger partial charge in [0.2, 0.25) is 5.91 Å². The van der Waals surface area contributed by atoms with Gasteiger partial charge in [-0.15, -0.1) is 6.58 Å². The monoisotopic (exact) mass is 347 g/mol. The minimum atomic E-state index is -0.191. The Labute approximate surface area is 153 Å². The largest absolute Gasteiger partial charge is 0.331 e. The number of anilines is 1. The lowest BCUT2D eigenvalue weighted by Gasteiger charge is -2.23. The van der Waals surface area contributed by atoms with E-state index in [0.717, 1.165) is 11.1 Å². The fourth-order valence-electron chi connectivity index (χ4n) is 2.64. The van der Waals surface area contributed by atoms with E-state index in [0.29, 0.717) is 29.9 Å². The number of carbonyl (C=O) groups is 2. The van der Waals surface area contributed by atoms with Crippen molar-refractivity contribution >= 4 is 17.5 Å². The van der Waals surface area contributed by atoms with E-state index in [4.69, 9.17) is 5.26 Å². The topological polar surface area (TPSA) is 73.2 Å². The van der Waals surface area contributed by atoms with Gasteiger partial charge in [-0.05, 0) is 42.3 Å². The molecule has 1 N–H and O–H groups in total. The van der Waals surface area contributed by atoms with Crippen molar-refractivity contribution in [3.05, 3.63) is 77.4 Å². The fraction of sp³-hybridized carbons (Fsp3) is 0.190. The van der Waals surface area contributed by atoms with Gasteiger partial charge in [-0.2, -0.15) is 5.26 Å². The molecule has 0 bridgehead atoms. The predicted molar refractivity (Wildman–Crippen MR) is 102 cm³/mol. The third-order valence-corrected chi connectivity index (χ3v) is 3.85. The molecule has 0 atom stereocenters. The molecule has 0 unspecified atom stereocenters. The van der Waals surface area contributed by atoms with Gasteiger partial charge in [0.1, 0.15) is 0 Å². The third kappa shape index (κ3) is 4.81. The molecule has 0 aliphatic rings. The molecular formula is C21H21N3O2. The molecular weight excluding hydrogens is 326 g/mol. The summed E-state index contributed by atoms with van der Waals surface area (Å²) in [4.78, 5) is 26.0. The quantitative estimate of drug-likeness (QED) is 0.811. The normalized spacial score (nSPS) is 9.88. The Morgan fingerprint density at radius 1 is 1.27 bits per heavy atom. The second-order valence-electron chi connectivity index (χ2n) is 6.00. The first kappa shape index (κ1) is 18.9. The van der Waals surface area contributed by atoms with Crippen LogP contribution in [0, 0.1) is 18.3 Å². The summed E-state index contributed by atoms with van der Waals surface area (Å²) in [6, 6.07) is 14.5. The van der Waals surface area contributed by atoms with Gasteiger partial charge in [0.05, 0.1) is 11.6 Å². The Morgan fingerprint density at radius 2 is 2.04 bits per heavy atom. The fourth-order valence-corrected chi connectivity index (χ4v) is 2.64. The average Bonchev–Trinajstić information content (AvgIpc) is 2.62. The Kier molecular flexibility index (Phi) is 6.29. The first-order chi connectivity index (χ1) is 12.4. The zero-order valence-corrected chi connectivity index (χ0v) is 15.0. The van der Waals surface area contributed by atoms with Gasteiger partial charge in [-0.1, -0.05) is 24.3 Å². The number of aryl methyl sites for hydroxylation is 1. The zero-order valence-electron chi connectivity index (χ0n) is 15.0. The summed E-state index contributed by atoms with van der Waals surface area (Å²) in [5, 5.41) is 11.7. The molecule has 2 aromatic carbocycles. The van der Waals surface area contributed by atoms with E-state index in [9.17, 15) is 9.59 Å². The van der Waals surface area contributed by atoms with Crippen LogP contribution >= 0.6 is 0 Å². The maximum Gasteiger partial charge on any atom is 0.254 e. The molecule has 0 fully saturated rings. The summed E-state index contributed by atoms with van der Waals surface area (Å²) < 4.78 is 0. The van der Waals surface area contributed by atoms with Crippen molar-refractivity contribution in [1.29, 1.82) is 5.26 Å². The summed E-state index contributed by atoms with van der Waals surface area (Å²) >= 11 is 0. The van der Waals surface area contributed by atoms with Gasteiger partial charge >= 0.3 is 0 Å². The van der Waals surface area contributed by atoms with E-state index in [1.54, 1.807) is 47.4 Å². The standard InChI is InChI=1S/C21H21N3O2/c1-4-10-24(14-18-7-5-6-17(11-18)13-22)21(26)20-12-19(23-16(3)25)9-8-15(20)2/h4-9,11-12H,1,10,14H2,2-3H3,(H,23,25). The van der Waals surface area contributed by atoms with Crippen LogP contribution in [0.4, 0.5) is 5.69 Å². The van der Waals surface area contributed by atoms with Crippen LogP contribution in [0.2, 0.25) is 0 Å². The van der Waals surface area contributed by atoms with Crippen LogP contribution < -0.4 is 5.32 Å². The van der Waals surface area contributed by atoms with Crippen molar-refractivity contribution in [2.75, 3.05) is 11.9 Å². The van der Waals surface area contributed by atoms with Gasteiger partial charge in [-0.25, -0.2) is 0 Å². The Bertz CT molecular complexity index is 881. The molecule has 2 aromatic rings. The Hall–Kier alpha value is -3.39. The highest BCUT2D eigenvalue weighted by atomic mass is 16.2. The molecule has 0 heterocycles. The summed E-state index contributed by atoms with van der Waals surface area (Å²) in [6.45, 7) is 7.75. The van der Waals surface area contributed by atoms with E-state index in [-0.39, 0.29) is 11.8 Å². The van der Waals surface area contributed by atoms with E-state index in [1.807, 2.05) is 13.0 Å². The molecule has 0 aliphatic heterocycles. The van der Waals surface area contributed by atoms with E-state index in [2.05, 4.69) is 18.0 Å². The van der Waals surface area contributed by atoms with Crippen molar-refractivity contribution in [2.24, 2.45) is 0 Å². The van der Waals surface area contributed by atoms with Gasteiger partial charge in [-0.3, -0.25) is 9.59 Å². The first-order valence-corrected chi connectivity index (χ1v) is 8.22. The van der Waals surface area contributed by atoms with Crippen molar-refractivity contribution < 1.29 is 9.59 Å². The highest BCUT2D eigenvalue weighted by Gasteiger charge is 2.18. The average molecular weight is 347 g/mol. The van der Waals surface area contributed by atoms with Crippen LogP contribution in [-0.4, -0.2) is 23.3 Å². The van der Waals surface area contributed by atoms with Crippen molar-refractivity contribution in [3.63, 3.8) is 0 Å². The number of carbonyl (C=O) groups excluding carboxylic acids is 2. The SMILES string of the molecule is C=CCN(Cc1cccc(C#N)c1)C(=O)c1cc(NC(C)=O)ccc1C. The maximum absolute atomic E-state index is 13.1.